The third-order valence-electron chi connectivity index (χ3n) is 3.72. The van der Waals surface area contributed by atoms with E-state index in [4.69, 9.17) is 0 Å². The number of rotatable bonds is 6. The van der Waals surface area contributed by atoms with Crippen molar-refractivity contribution in [3.8, 4) is 5.75 Å². The lowest BCUT2D eigenvalue weighted by molar-refractivity contribution is 0.475. The summed E-state index contributed by atoms with van der Waals surface area (Å²) < 4.78 is 24.9. The van der Waals surface area contributed by atoms with Crippen LogP contribution in [0, 0.1) is 0 Å². The van der Waals surface area contributed by atoms with Gasteiger partial charge in [0.15, 0.2) is 9.84 Å². The first kappa shape index (κ1) is 16.9. The van der Waals surface area contributed by atoms with Crippen LogP contribution in [0.15, 0.2) is 66.7 Å². The van der Waals surface area contributed by atoms with Crippen LogP contribution in [0.1, 0.15) is 11.1 Å². The summed E-state index contributed by atoms with van der Waals surface area (Å²) in [7, 11) is -3.19. The van der Waals surface area contributed by atoms with Gasteiger partial charge in [-0.3, -0.25) is 0 Å². The monoisotopic (exact) mass is 358 g/mol. The van der Waals surface area contributed by atoms with E-state index in [0.29, 0.717) is 5.75 Å². The molecule has 0 saturated carbocycles. The summed E-state index contributed by atoms with van der Waals surface area (Å²) in [5, 5.41) is 11.4. The number of phenolic OH excluding ortho intramolecular Hbond substituents is 1. The predicted octanol–water partition coefficient (Wildman–Crippen LogP) is 4.35. The van der Waals surface area contributed by atoms with Gasteiger partial charge in [-0.25, -0.2) is 8.42 Å². The van der Waals surface area contributed by atoms with Crippen molar-refractivity contribution in [3.63, 3.8) is 0 Å². The molecular formula is C19H18O3S2. The zero-order valence-electron chi connectivity index (χ0n) is 13.1. The van der Waals surface area contributed by atoms with E-state index in [9.17, 15) is 13.5 Å². The second-order valence-electron chi connectivity index (χ2n) is 5.66. The second kappa shape index (κ2) is 7.28. The van der Waals surface area contributed by atoms with Crippen LogP contribution < -0.4 is 0 Å². The molecule has 0 saturated heterocycles. The van der Waals surface area contributed by atoms with E-state index in [1.165, 1.54) is 11.8 Å². The van der Waals surface area contributed by atoms with Gasteiger partial charge < -0.3 is 5.11 Å². The first-order chi connectivity index (χ1) is 11.5. The Bertz CT molecular complexity index is 927. The molecule has 3 aromatic rings. The molecule has 1 N–H and O–H groups in total. The molecule has 0 heterocycles. The Morgan fingerprint density at radius 2 is 1.58 bits per heavy atom. The van der Waals surface area contributed by atoms with E-state index in [1.54, 1.807) is 24.3 Å². The molecule has 0 bridgehead atoms. The van der Waals surface area contributed by atoms with Gasteiger partial charge in [0, 0.05) is 5.75 Å². The molecule has 0 aliphatic carbocycles. The standard InChI is InChI=1S/C19H18O3S2/c20-18-10-8-15(9-11-18)12-23-14-24(21,22)13-17-6-3-5-16-4-1-2-7-19(16)17/h1-11,20H,12-14H2. The summed E-state index contributed by atoms with van der Waals surface area (Å²) in [5.41, 5.74) is 1.84. The van der Waals surface area contributed by atoms with Gasteiger partial charge in [-0.15, -0.1) is 11.8 Å². The summed E-state index contributed by atoms with van der Waals surface area (Å²) >= 11 is 1.37. The van der Waals surface area contributed by atoms with Crippen molar-refractivity contribution in [2.75, 3.05) is 5.08 Å². The molecule has 0 aliphatic heterocycles. The second-order valence-corrected chi connectivity index (χ2v) is 9.07. The molecule has 3 rings (SSSR count). The number of thioether (sulfide) groups is 1. The number of hydrogen-bond acceptors (Lipinski definition) is 4. The van der Waals surface area contributed by atoms with Crippen molar-refractivity contribution >= 4 is 32.4 Å². The fraction of sp³-hybridized carbons (Fsp3) is 0.158. The van der Waals surface area contributed by atoms with Gasteiger partial charge in [0.2, 0.25) is 0 Å². The fourth-order valence-corrected chi connectivity index (χ4v) is 5.41. The minimum Gasteiger partial charge on any atom is -0.508 e. The maximum atomic E-state index is 12.4. The van der Waals surface area contributed by atoms with E-state index in [2.05, 4.69) is 0 Å². The first-order valence-corrected chi connectivity index (χ1v) is 10.5. The van der Waals surface area contributed by atoms with Crippen molar-refractivity contribution < 1.29 is 13.5 Å². The van der Waals surface area contributed by atoms with E-state index < -0.39 is 9.84 Å². The van der Waals surface area contributed by atoms with Gasteiger partial charge >= 0.3 is 0 Å². The smallest absolute Gasteiger partial charge is 0.163 e. The third kappa shape index (κ3) is 4.30. The minimum absolute atomic E-state index is 0.0525. The zero-order valence-corrected chi connectivity index (χ0v) is 14.7. The highest BCUT2D eigenvalue weighted by Gasteiger charge is 2.14. The topological polar surface area (TPSA) is 54.4 Å². The van der Waals surface area contributed by atoms with Gasteiger partial charge in [0.25, 0.3) is 0 Å². The number of hydrogen-bond donors (Lipinski definition) is 1. The molecule has 124 valence electrons. The molecule has 0 unspecified atom stereocenters. The van der Waals surface area contributed by atoms with Crippen LogP contribution in [0.4, 0.5) is 0 Å². The summed E-state index contributed by atoms with van der Waals surface area (Å²) in [6.07, 6.45) is 0. The molecule has 0 amide bonds. The van der Waals surface area contributed by atoms with Crippen LogP contribution in [0.5, 0.6) is 5.75 Å². The van der Waals surface area contributed by atoms with E-state index in [0.717, 1.165) is 21.9 Å². The molecule has 0 atom stereocenters. The number of phenols is 1. The first-order valence-electron chi connectivity index (χ1n) is 7.56. The lowest BCUT2D eigenvalue weighted by Crippen LogP contribution is -2.07. The van der Waals surface area contributed by atoms with Crippen molar-refractivity contribution in [3.05, 3.63) is 77.9 Å². The van der Waals surface area contributed by atoms with Crippen LogP contribution in [0.2, 0.25) is 0 Å². The Balaban J connectivity index is 1.66. The maximum Gasteiger partial charge on any atom is 0.163 e. The number of aromatic hydroxyl groups is 1. The highest BCUT2D eigenvalue weighted by atomic mass is 32.3. The minimum atomic E-state index is -3.19. The van der Waals surface area contributed by atoms with E-state index >= 15 is 0 Å². The highest BCUT2D eigenvalue weighted by molar-refractivity contribution is 8.11. The third-order valence-corrected chi connectivity index (χ3v) is 7.11. The van der Waals surface area contributed by atoms with Crippen LogP contribution in [-0.4, -0.2) is 18.6 Å². The molecule has 5 heteroatoms. The summed E-state index contributed by atoms with van der Waals surface area (Å²) in [6, 6.07) is 20.4. The largest absolute Gasteiger partial charge is 0.508 e. The van der Waals surface area contributed by atoms with E-state index in [1.807, 2.05) is 42.5 Å². The number of benzene rings is 3. The summed E-state index contributed by atoms with van der Waals surface area (Å²) in [5.74, 6) is 0.874. The lowest BCUT2D eigenvalue weighted by atomic mass is 10.1. The summed E-state index contributed by atoms with van der Waals surface area (Å²) in [4.78, 5) is 0. The molecule has 0 aromatic heterocycles. The quantitative estimate of drug-likeness (QED) is 0.712. The van der Waals surface area contributed by atoms with E-state index in [-0.39, 0.29) is 16.6 Å². The van der Waals surface area contributed by atoms with Crippen molar-refractivity contribution in [2.45, 2.75) is 11.5 Å². The van der Waals surface area contributed by atoms with Gasteiger partial charge in [0.05, 0.1) is 10.8 Å². The molecule has 0 radical (unpaired) electrons. The molecule has 0 aliphatic rings. The van der Waals surface area contributed by atoms with Crippen LogP contribution in [0.3, 0.4) is 0 Å². The van der Waals surface area contributed by atoms with Crippen LogP contribution >= 0.6 is 11.8 Å². The fourth-order valence-electron chi connectivity index (χ4n) is 2.58. The average molecular weight is 358 g/mol. The van der Waals surface area contributed by atoms with Gasteiger partial charge in [-0.1, -0.05) is 54.6 Å². The van der Waals surface area contributed by atoms with Gasteiger partial charge in [-0.2, -0.15) is 0 Å². The van der Waals surface area contributed by atoms with Crippen molar-refractivity contribution in [2.24, 2.45) is 0 Å². The highest BCUT2D eigenvalue weighted by Crippen LogP contribution is 2.23. The Labute approximate surface area is 146 Å². The van der Waals surface area contributed by atoms with Crippen LogP contribution in [0.25, 0.3) is 10.8 Å². The average Bonchev–Trinajstić information content (AvgIpc) is 2.57. The van der Waals surface area contributed by atoms with Crippen molar-refractivity contribution in [1.82, 2.24) is 0 Å². The summed E-state index contributed by atoms with van der Waals surface area (Å²) in [6.45, 7) is 0. The predicted molar refractivity (Wildman–Crippen MR) is 101 cm³/mol. The normalized spacial score (nSPS) is 11.7. The Morgan fingerprint density at radius 3 is 2.38 bits per heavy atom. The van der Waals surface area contributed by atoms with Gasteiger partial charge in [0.1, 0.15) is 5.75 Å². The molecule has 24 heavy (non-hydrogen) atoms. The van der Waals surface area contributed by atoms with Crippen molar-refractivity contribution in [1.29, 1.82) is 0 Å². The maximum absolute atomic E-state index is 12.4. The molecule has 3 aromatic carbocycles. The lowest BCUT2D eigenvalue weighted by Gasteiger charge is -2.08. The molecular weight excluding hydrogens is 340 g/mol. The molecule has 3 nitrogen and oxygen atoms in total. The Kier molecular flexibility index (Phi) is 5.11. The Morgan fingerprint density at radius 1 is 0.875 bits per heavy atom. The number of sulfone groups is 1. The molecule has 0 spiro atoms. The van der Waals surface area contributed by atoms with Gasteiger partial charge in [-0.05, 0) is 34.0 Å². The molecule has 0 fully saturated rings. The zero-order chi connectivity index (χ0) is 17.0. The Hall–Kier alpha value is -1.98. The van der Waals surface area contributed by atoms with Crippen LogP contribution in [-0.2, 0) is 21.3 Å². The number of fused-ring (bicyclic) bond motifs is 1. The SMILES string of the molecule is O=S(=O)(CSCc1ccc(O)cc1)Cc1cccc2ccccc12.